The van der Waals surface area contributed by atoms with E-state index in [0.29, 0.717) is 0 Å². The van der Waals surface area contributed by atoms with E-state index in [1.54, 1.807) is 0 Å². The van der Waals surface area contributed by atoms with Crippen LogP contribution in [0.2, 0.25) is 0 Å². The maximum absolute atomic E-state index is 2.29. The number of thioether (sulfide) groups is 1. The average Bonchev–Trinajstić information content (AvgIpc) is 2.60. The summed E-state index contributed by atoms with van der Waals surface area (Å²) in [5.41, 5.74) is 2.83. The first-order valence-electron chi connectivity index (χ1n) is 4.25. The largest absolute Gasteiger partial charge is 0.143 e. The van der Waals surface area contributed by atoms with Gasteiger partial charge in [0.15, 0.2) is 0 Å². The Labute approximate surface area is 87.0 Å². The van der Waals surface area contributed by atoms with Crippen molar-refractivity contribution in [3.05, 3.63) is 28.6 Å². The quantitative estimate of drug-likeness (QED) is 0.632. The van der Waals surface area contributed by atoms with Crippen molar-refractivity contribution in [3.63, 3.8) is 0 Å². The fraction of sp³-hybridized carbons (Fsp3) is 0.273. The minimum Gasteiger partial charge on any atom is -0.143 e. The van der Waals surface area contributed by atoms with Gasteiger partial charge in [-0.25, -0.2) is 0 Å². The molecule has 68 valence electrons. The van der Waals surface area contributed by atoms with E-state index in [1.807, 2.05) is 23.1 Å². The molecular formula is C11H12S2. The molecule has 1 aromatic carbocycles. The van der Waals surface area contributed by atoms with Crippen molar-refractivity contribution in [1.29, 1.82) is 0 Å². The summed E-state index contributed by atoms with van der Waals surface area (Å²) in [6.45, 7) is 4.40. The van der Waals surface area contributed by atoms with E-state index in [2.05, 4.69) is 37.6 Å². The molecule has 0 spiro atoms. The molecule has 1 heterocycles. The van der Waals surface area contributed by atoms with Crippen molar-refractivity contribution >= 4 is 33.2 Å². The average molecular weight is 208 g/mol. The Morgan fingerprint density at radius 3 is 2.77 bits per heavy atom. The third-order valence-electron chi connectivity index (χ3n) is 2.37. The Morgan fingerprint density at radius 2 is 2.08 bits per heavy atom. The highest BCUT2D eigenvalue weighted by molar-refractivity contribution is 7.98. The van der Waals surface area contributed by atoms with Crippen LogP contribution in [0.25, 0.3) is 10.1 Å². The van der Waals surface area contributed by atoms with Crippen molar-refractivity contribution in [3.8, 4) is 0 Å². The summed E-state index contributed by atoms with van der Waals surface area (Å²) in [4.78, 5) is 1.41. The lowest BCUT2D eigenvalue weighted by Crippen LogP contribution is -1.82. The van der Waals surface area contributed by atoms with Gasteiger partial charge in [-0.1, -0.05) is 0 Å². The van der Waals surface area contributed by atoms with Gasteiger partial charge in [-0.15, -0.1) is 23.1 Å². The molecule has 0 radical (unpaired) electrons. The SMILES string of the molecule is CSc1cc(C)c2ccsc2c1C. The smallest absolute Gasteiger partial charge is 0.0385 e. The van der Waals surface area contributed by atoms with Gasteiger partial charge in [0.25, 0.3) is 0 Å². The predicted octanol–water partition coefficient (Wildman–Crippen LogP) is 4.24. The van der Waals surface area contributed by atoms with Crippen LogP contribution in [0.5, 0.6) is 0 Å². The van der Waals surface area contributed by atoms with Crippen molar-refractivity contribution in [2.24, 2.45) is 0 Å². The minimum absolute atomic E-state index is 1.39. The molecule has 0 bridgehead atoms. The summed E-state index contributed by atoms with van der Waals surface area (Å²) in [5, 5.41) is 3.59. The molecule has 0 nitrogen and oxygen atoms in total. The minimum atomic E-state index is 1.39. The maximum Gasteiger partial charge on any atom is 0.0385 e. The molecular weight excluding hydrogens is 196 g/mol. The Hall–Kier alpha value is -0.470. The molecule has 2 rings (SSSR count). The van der Waals surface area contributed by atoms with Gasteiger partial charge in [-0.2, -0.15) is 0 Å². The Balaban J connectivity index is 2.85. The van der Waals surface area contributed by atoms with Gasteiger partial charge >= 0.3 is 0 Å². The monoisotopic (exact) mass is 208 g/mol. The van der Waals surface area contributed by atoms with E-state index >= 15 is 0 Å². The Bertz CT molecular complexity index is 441. The first-order valence-corrected chi connectivity index (χ1v) is 6.36. The summed E-state index contributed by atoms with van der Waals surface area (Å²) in [7, 11) is 0. The zero-order valence-electron chi connectivity index (χ0n) is 8.05. The fourth-order valence-corrected chi connectivity index (χ4v) is 3.37. The summed E-state index contributed by atoms with van der Waals surface area (Å²) in [6, 6.07) is 4.50. The van der Waals surface area contributed by atoms with Gasteiger partial charge in [0.1, 0.15) is 0 Å². The van der Waals surface area contributed by atoms with Gasteiger partial charge in [0.2, 0.25) is 0 Å². The molecule has 0 amide bonds. The predicted molar refractivity (Wildman–Crippen MR) is 63.1 cm³/mol. The van der Waals surface area contributed by atoms with Crippen LogP contribution in [0.4, 0.5) is 0 Å². The van der Waals surface area contributed by atoms with E-state index in [1.165, 1.54) is 26.1 Å². The zero-order valence-corrected chi connectivity index (χ0v) is 9.68. The summed E-state index contributed by atoms with van der Waals surface area (Å²) < 4.78 is 1.45. The molecule has 2 aromatic rings. The zero-order chi connectivity index (χ0) is 9.42. The fourth-order valence-electron chi connectivity index (χ4n) is 1.62. The van der Waals surface area contributed by atoms with Crippen LogP contribution in [-0.4, -0.2) is 6.26 Å². The van der Waals surface area contributed by atoms with E-state index in [-0.39, 0.29) is 0 Å². The standard InChI is InChI=1S/C11H12S2/c1-7-6-10(12-3)8(2)11-9(7)4-5-13-11/h4-6H,1-3H3. The van der Waals surface area contributed by atoms with E-state index in [0.717, 1.165) is 0 Å². The third-order valence-corrected chi connectivity index (χ3v) is 4.27. The van der Waals surface area contributed by atoms with Gasteiger partial charge in [-0.05, 0) is 54.1 Å². The van der Waals surface area contributed by atoms with E-state index in [4.69, 9.17) is 0 Å². The highest BCUT2D eigenvalue weighted by Gasteiger charge is 2.06. The maximum atomic E-state index is 2.29. The second-order valence-electron chi connectivity index (χ2n) is 3.18. The number of benzene rings is 1. The van der Waals surface area contributed by atoms with Crippen LogP contribution in [0.1, 0.15) is 11.1 Å². The summed E-state index contributed by atoms with van der Waals surface area (Å²) in [6.07, 6.45) is 2.14. The molecule has 0 unspecified atom stereocenters. The molecule has 0 aliphatic heterocycles. The lowest BCUT2D eigenvalue weighted by molar-refractivity contribution is 1.32. The number of rotatable bonds is 1. The van der Waals surface area contributed by atoms with Crippen molar-refractivity contribution in [1.82, 2.24) is 0 Å². The van der Waals surface area contributed by atoms with Crippen LogP contribution in [-0.2, 0) is 0 Å². The molecule has 0 saturated carbocycles. The molecule has 13 heavy (non-hydrogen) atoms. The highest BCUT2D eigenvalue weighted by atomic mass is 32.2. The topological polar surface area (TPSA) is 0 Å². The Morgan fingerprint density at radius 1 is 1.31 bits per heavy atom. The van der Waals surface area contributed by atoms with Gasteiger partial charge in [-0.3, -0.25) is 0 Å². The molecule has 0 saturated heterocycles. The number of hydrogen-bond donors (Lipinski definition) is 0. The van der Waals surface area contributed by atoms with Crippen LogP contribution in [0.15, 0.2) is 22.4 Å². The Kier molecular flexibility index (Phi) is 2.35. The summed E-state index contributed by atoms with van der Waals surface area (Å²) in [5.74, 6) is 0. The van der Waals surface area contributed by atoms with Crippen molar-refractivity contribution < 1.29 is 0 Å². The van der Waals surface area contributed by atoms with Crippen LogP contribution < -0.4 is 0 Å². The number of aryl methyl sites for hydroxylation is 2. The van der Waals surface area contributed by atoms with Crippen molar-refractivity contribution in [2.75, 3.05) is 6.26 Å². The lowest BCUT2D eigenvalue weighted by atomic mass is 10.1. The number of thiophene rings is 1. The van der Waals surface area contributed by atoms with Gasteiger partial charge in [0.05, 0.1) is 0 Å². The van der Waals surface area contributed by atoms with Crippen LogP contribution >= 0.6 is 23.1 Å². The number of hydrogen-bond acceptors (Lipinski definition) is 2. The van der Waals surface area contributed by atoms with E-state index in [9.17, 15) is 0 Å². The van der Waals surface area contributed by atoms with Gasteiger partial charge in [0, 0.05) is 9.60 Å². The summed E-state index contributed by atoms with van der Waals surface area (Å²) >= 11 is 3.68. The second-order valence-corrected chi connectivity index (χ2v) is 4.95. The first-order chi connectivity index (χ1) is 6.24. The molecule has 2 heteroatoms. The molecule has 0 fully saturated rings. The number of fused-ring (bicyclic) bond motifs is 1. The van der Waals surface area contributed by atoms with E-state index < -0.39 is 0 Å². The molecule has 0 N–H and O–H groups in total. The third kappa shape index (κ3) is 1.38. The first kappa shape index (κ1) is 9.10. The van der Waals surface area contributed by atoms with Crippen molar-refractivity contribution in [2.45, 2.75) is 18.7 Å². The normalized spacial score (nSPS) is 11.0. The highest BCUT2D eigenvalue weighted by Crippen LogP contribution is 2.33. The lowest BCUT2D eigenvalue weighted by Gasteiger charge is -2.06. The molecule has 0 aliphatic carbocycles. The van der Waals surface area contributed by atoms with Crippen LogP contribution in [0, 0.1) is 13.8 Å². The van der Waals surface area contributed by atoms with Crippen LogP contribution in [0.3, 0.4) is 0 Å². The van der Waals surface area contributed by atoms with Gasteiger partial charge < -0.3 is 0 Å². The second kappa shape index (κ2) is 3.35. The molecule has 0 atom stereocenters. The molecule has 0 aliphatic rings. The molecule has 1 aromatic heterocycles.